The lowest BCUT2D eigenvalue weighted by molar-refractivity contribution is -0.153. The predicted octanol–water partition coefficient (Wildman–Crippen LogP) is 4.07. The van der Waals surface area contributed by atoms with E-state index >= 15 is 0 Å². The number of ether oxygens (including phenoxy) is 1. The van der Waals surface area contributed by atoms with E-state index in [4.69, 9.17) is 0 Å². The molecule has 10 heteroatoms. The van der Waals surface area contributed by atoms with Gasteiger partial charge in [-0.1, -0.05) is 12.1 Å². The first-order chi connectivity index (χ1) is 15.1. The third-order valence-electron chi connectivity index (χ3n) is 5.11. The van der Waals surface area contributed by atoms with Crippen LogP contribution in [0, 0.1) is 17.6 Å². The van der Waals surface area contributed by atoms with Crippen LogP contribution < -0.4 is 10.1 Å². The highest BCUT2D eigenvalue weighted by atomic mass is 19.4. The number of benzene rings is 2. The monoisotopic (exact) mass is 456 g/mol. The first-order valence-corrected chi connectivity index (χ1v) is 9.93. The Morgan fingerprint density at radius 1 is 1.03 bits per heavy atom. The van der Waals surface area contributed by atoms with E-state index in [-0.39, 0.29) is 42.8 Å². The lowest BCUT2D eigenvalue weighted by atomic mass is 9.95. The molecule has 1 heterocycles. The summed E-state index contributed by atoms with van der Waals surface area (Å²) >= 11 is 0. The van der Waals surface area contributed by atoms with Gasteiger partial charge in [0.1, 0.15) is 17.4 Å². The van der Waals surface area contributed by atoms with Crippen LogP contribution in [0.1, 0.15) is 28.8 Å². The van der Waals surface area contributed by atoms with E-state index in [1.165, 1.54) is 17.0 Å². The number of nitrogens with zero attached hydrogens (tertiary/aromatic N) is 1. The van der Waals surface area contributed by atoms with Gasteiger partial charge in [0.2, 0.25) is 5.91 Å². The van der Waals surface area contributed by atoms with Crippen LogP contribution in [0.2, 0.25) is 0 Å². The summed E-state index contributed by atoms with van der Waals surface area (Å²) in [6.45, 7) is -0.658. The van der Waals surface area contributed by atoms with Crippen LogP contribution in [0.3, 0.4) is 0 Å². The second kappa shape index (κ2) is 9.97. The normalized spacial score (nSPS) is 14.8. The van der Waals surface area contributed by atoms with Gasteiger partial charge < -0.3 is 15.0 Å². The van der Waals surface area contributed by atoms with Crippen molar-refractivity contribution in [2.75, 3.05) is 19.7 Å². The van der Waals surface area contributed by atoms with Crippen molar-refractivity contribution in [1.29, 1.82) is 0 Å². The minimum Gasteiger partial charge on any atom is -0.484 e. The second-order valence-electron chi connectivity index (χ2n) is 7.46. The highest BCUT2D eigenvalue weighted by Gasteiger charge is 2.29. The molecule has 5 nitrogen and oxygen atoms in total. The zero-order chi connectivity index (χ0) is 23.3. The van der Waals surface area contributed by atoms with Crippen molar-refractivity contribution in [2.45, 2.75) is 25.6 Å². The van der Waals surface area contributed by atoms with Gasteiger partial charge in [0.15, 0.2) is 6.61 Å². The summed E-state index contributed by atoms with van der Waals surface area (Å²) in [5.41, 5.74) is 0.481. The van der Waals surface area contributed by atoms with Crippen molar-refractivity contribution in [2.24, 2.45) is 5.92 Å². The van der Waals surface area contributed by atoms with Gasteiger partial charge in [0.25, 0.3) is 5.91 Å². The minimum absolute atomic E-state index is 0.0760. The summed E-state index contributed by atoms with van der Waals surface area (Å²) in [5, 5.41) is 2.77. The molecule has 2 amide bonds. The SMILES string of the molecule is O=C(NCc1ccc(OCC(F)(F)F)cc1)C1CCN(C(=O)c2ccc(F)cc2F)CC1. The van der Waals surface area contributed by atoms with Crippen molar-refractivity contribution in [3.05, 3.63) is 65.2 Å². The summed E-state index contributed by atoms with van der Waals surface area (Å²) in [5.74, 6) is -2.70. The van der Waals surface area contributed by atoms with Gasteiger partial charge >= 0.3 is 6.18 Å². The molecule has 1 saturated heterocycles. The fourth-order valence-corrected chi connectivity index (χ4v) is 3.38. The van der Waals surface area contributed by atoms with Gasteiger partial charge in [-0.25, -0.2) is 8.78 Å². The first kappa shape index (κ1) is 23.5. The van der Waals surface area contributed by atoms with Gasteiger partial charge in [-0.3, -0.25) is 9.59 Å². The molecule has 0 radical (unpaired) electrons. The van der Waals surface area contributed by atoms with Crippen molar-refractivity contribution in [3.63, 3.8) is 0 Å². The average Bonchev–Trinajstić information content (AvgIpc) is 2.76. The van der Waals surface area contributed by atoms with E-state index < -0.39 is 30.3 Å². The van der Waals surface area contributed by atoms with Gasteiger partial charge in [-0.2, -0.15) is 13.2 Å². The van der Waals surface area contributed by atoms with E-state index in [1.807, 2.05) is 0 Å². The molecule has 172 valence electrons. The number of alkyl halides is 3. The van der Waals surface area contributed by atoms with Crippen LogP contribution in [0.25, 0.3) is 0 Å². The molecule has 0 atom stereocenters. The van der Waals surface area contributed by atoms with Crippen LogP contribution in [-0.2, 0) is 11.3 Å². The maximum Gasteiger partial charge on any atom is 0.422 e. The number of likely N-dealkylation sites (tertiary alicyclic amines) is 1. The Kier molecular flexibility index (Phi) is 7.32. The molecule has 1 fully saturated rings. The van der Waals surface area contributed by atoms with Crippen molar-refractivity contribution < 1.29 is 36.3 Å². The lowest BCUT2D eigenvalue weighted by Crippen LogP contribution is -2.43. The summed E-state index contributed by atoms with van der Waals surface area (Å²) in [7, 11) is 0. The maximum atomic E-state index is 13.8. The van der Waals surface area contributed by atoms with Gasteiger partial charge in [0, 0.05) is 31.6 Å². The van der Waals surface area contributed by atoms with Gasteiger partial charge in [0.05, 0.1) is 5.56 Å². The Balaban J connectivity index is 1.45. The fraction of sp³-hybridized carbons (Fsp3) is 0.364. The first-order valence-electron chi connectivity index (χ1n) is 9.93. The number of piperidine rings is 1. The molecule has 3 rings (SSSR count). The Hall–Kier alpha value is -3.17. The summed E-state index contributed by atoms with van der Waals surface area (Å²) < 4.78 is 68.0. The zero-order valence-electron chi connectivity index (χ0n) is 16.9. The number of hydrogen-bond donors (Lipinski definition) is 1. The van der Waals surface area contributed by atoms with E-state index in [0.29, 0.717) is 24.5 Å². The van der Waals surface area contributed by atoms with Crippen molar-refractivity contribution in [1.82, 2.24) is 10.2 Å². The molecule has 0 aromatic heterocycles. The number of halogens is 5. The van der Waals surface area contributed by atoms with Crippen LogP contribution >= 0.6 is 0 Å². The quantitative estimate of drug-likeness (QED) is 0.667. The molecule has 1 aliphatic heterocycles. The summed E-state index contributed by atoms with van der Waals surface area (Å²) in [6, 6.07) is 8.69. The molecule has 0 saturated carbocycles. The maximum absolute atomic E-state index is 13.8. The molecule has 1 N–H and O–H groups in total. The molecule has 2 aromatic rings. The molecule has 0 spiro atoms. The molecular weight excluding hydrogens is 435 g/mol. The van der Waals surface area contributed by atoms with Crippen LogP contribution in [0.4, 0.5) is 22.0 Å². The van der Waals surface area contributed by atoms with Crippen LogP contribution in [-0.4, -0.2) is 42.6 Å². The Bertz CT molecular complexity index is 955. The average molecular weight is 456 g/mol. The molecule has 32 heavy (non-hydrogen) atoms. The third kappa shape index (κ3) is 6.41. The smallest absolute Gasteiger partial charge is 0.422 e. The predicted molar refractivity (Wildman–Crippen MR) is 105 cm³/mol. The summed E-state index contributed by atoms with van der Waals surface area (Å²) in [6.07, 6.45) is -3.63. The topological polar surface area (TPSA) is 58.6 Å². The summed E-state index contributed by atoms with van der Waals surface area (Å²) in [4.78, 5) is 26.3. The van der Waals surface area contributed by atoms with E-state index in [9.17, 15) is 31.5 Å². The van der Waals surface area contributed by atoms with Gasteiger partial charge in [-0.15, -0.1) is 0 Å². The minimum atomic E-state index is -4.42. The number of carbonyl (C=O) groups excluding carboxylic acids is 2. The second-order valence-corrected chi connectivity index (χ2v) is 7.46. The molecule has 2 aromatic carbocycles. The number of carbonyl (C=O) groups is 2. The highest BCUT2D eigenvalue weighted by Crippen LogP contribution is 2.22. The molecule has 0 unspecified atom stereocenters. The highest BCUT2D eigenvalue weighted by molar-refractivity contribution is 5.94. The lowest BCUT2D eigenvalue weighted by Gasteiger charge is -2.31. The number of amides is 2. The van der Waals surface area contributed by atoms with E-state index in [2.05, 4.69) is 10.1 Å². The number of nitrogens with one attached hydrogen (secondary N) is 1. The van der Waals surface area contributed by atoms with Crippen molar-refractivity contribution in [3.8, 4) is 5.75 Å². The molecule has 1 aliphatic rings. The van der Waals surface area contributed by atoms with Gasteiger partial charge in [-0.05, 0) is 42.7 Å². The van der Waals surface area contributed by atoms with E-state index in [1.54, 1.807) is 12.1 Å². The zero-order valence-corrected chi connectivity index (χ0v) is 16.9. The van der Waals surface area contributed by atoms with Crippen LogP contribution in [0.15, 0.2) is 42.5 Å². The van der Waals surface area contributed by atoms with E-state index in [0.717, 1.165) is 12.1 Å². The Morgan fingerprint density at radius 3 is 2.28 bits per heavy atom. The largest absolute Gasteiger partial charge is 0.484 e. The molecule has 0 aliphatic carbocycles. The standard InChI is InChI=1S/C22H21F5N2O3/c23-16-3-6-18(19(24)11-16)21(31)29-9-7-15(8-10-29)20(30)28-12-14-1-4-17(5-2-14)32-13-22(25,26)27/h1-6,11,15H,7-10,12-13H2,(H,28,30). The van der Waals surface area contributed by atoms with Crippen molar-refractivity contribution >= 4 is 11.8 Å². The number of hydrogen-bond acceptors (Lipinski definition) is 3. The Morgan fingerprint density at radius 2 is 1.69 bits per heavy atom. The third-order valence-corrected chi connectivity index (χ3v) is 5.11. The fourth-order valence-electron chi connectivity index (χ4n) is 3.38. The van der Waals surface area contributed by atoms with Crippen LogP contribution in [0.5, 0.6) is 5.75 Å². The molecular formula is C22H21F5N2O3. The molecule has 0 bridgehead atoms. The number of rotatable bonds is 6. The Labute approximate surface area is 181 Å².